The van der Waals surface area contributed by atoms with Crippen molar-refractivity contribution < 1.29 is 13.2 Å². The van der Waals surface area contributed by atoms with Gasteiger partial charge in [-0.05, 0) is 6.42 Å². The number of rotatable bonds is 8. The Kier molecular flexibility index (Phi) is 5.48. The molecule has 0 saturated heterocycles. The number of ether oxygens (including phenoxy) is 1. The SMILES string of the molecule is C=CCCOCCNS(=O)(=O)c1nnc(N)s1. The number of hydrogen-bond donors (Lipinski definition) is 2. The van der Waals surface area contributed by atoms with Crippen molar-refractivity contribution in [2.75, 3.05) is 25.5 Å². The first kappa shape index (κ1) is 14.0. The van der Waals surface area contributed by atoms with Crippen LogP contribution in [-0.2, 0) is 14.8 Å². The quantitative estimate of drug-likeness (QED) is 0.511. The molecule has 0 aliphatic heterocycles. The molecule has 0 atom stereocenters. The highest BCUT2D eigenvalue weighted by molar-refractivity contribution is 7.91. The summed E-state index contributed by atoms with van der Waals surface area (Å²) in [6.07, 6.45) is 2.47. The molecule has 9 heteroatoms. The van der Waals surface area contributed by atoms with E-state index in [1.165, 1.54) is 0 Å². The Bertz CT molecular complexity index is 457. The topological polar surface area (TPSA) is 107 Å². The zero-order valence-corrected chi connectivity index (χ0v) is 10.8. The van der Waals surface area contributed by atoms with Gasteiger partial charge in [0.2, 0.25) is 9.47 Å². The molecular weight excluding hydrogens is 264 g/mol. The van der Waals surface area contributed by atoms with Gasteiger partial charge in [0.15, 0.2) is 0 Å². The van der Waals surface area contributed by atoms with Crippen LogP contribution in [0.4, 0.5) is 5.13 Å². The van der Waals surface area contributed by atoms with Crippen LogP contribution in [0.2, 0.25) is 0 Å². The summed E-state index contributed by atoms with van der Waals surface area (Å²) in [6, 6.07) is 0. The van der Waals surface area contributed by atoms with E-state index in [1.807, 2.05) is 0 Å². The van der Waals surface area contributed by atoms with Crippen molar-refractivity contribution in [3.63, 3.8) is 0 Å². The van der Waals surface area contributed by atoms with Gasteiger partial charge >= 0.3 is 0 Å². The van der Waals surface area contributed by atoms with Gasteiger partial charge in [0.1, 0.15) is 0 Å². The summed E-state index contributed by atoms with van der Waals surface area (Å²) in [5.41, 5.74) is 5.30. The predicted molar refractivity (Wildman–Crippen MR) is 65.1 cm³/mol. The number of nitrogens with two attached hydrogens (primary N) is 1. The van der Waals surface area contributed by atoms with Crippen LogP contribution in [0.3, 0.4) is 0 Å². The average Bonchev–Trinajstić information content (AvgIpc) is 2.71. The lowest BCUT2D eigenvalue weighted by Gasteiger charge is -2.03. The Morgan fingerprint density at radius 3 is 2.82 bits per heavy atom. The van der Waals surface area contributed by atoms with Gasteiger partial charge in [-0.25, -0.2) is 13.1 Å². The lowest BCUT2D eigenvalue weighted by atomic mass is 10.5. The molecule has 0 aromatic carbocycles. The summed E-state index contributed by atoms with van der Waals surface area (Å²) in [4.78, 5) is 0. The zero-order chi connectivity index (χ0) is 12.7. The Hall–Kier alpha value is -1.03. The predicted octanol–water partition coefficient (Wildman–Crippen LogP) is -0.00870. The summed E-state index contributed by atoms with van der Waals surface area (Å²) in [6.45, 7) is 4.54. The normalized spacial score (nSPS) is 11.5. The van der Waals surface area contributed by atoms with E-state index in [0.29, 0.717) is 13.2 Å². The first-order chi connectivity index (χ1) is 8.06. The van der Waals surface area contributed by atoms with E-state index in [1.54, 1.807) is 6.08 Å². The summed E-state index contributed by atoms with van der Waals surface area (Å²) in [5.74, 6) is 0. The third-order valence-corrected chi connectivity index (χ3v) is 4.24. The smallest absolute Gasteiger partial charge is 0.269 e. The highest BCUT2D eigenvalue weighted by Crippen LogP contribution is 2.15. The minimum Gasteiger partial charge on any atom is -0.380 e. The van der Waals surface area contributed by atoms with Gasteiger partial charge in [0.25, 0.3) is 10.0 Å². The zero-order valence-electron chi connectivity index (χ0n) is 9.13. The molecule has 1 aromatic rings. The summed E-state index contributed by atoms with van der Waals surface area (Å²) in [5, 5.41) is 7.01. The van der Waals surface area contributed by atoms with Gasteiger partial charge in [-0.3, -0.25) is 0 Å². The second-order valence-corrected chi connectivity index (χ2v) is 5.94. The van der Waals surface area contributed by atoms with E-state index in [2.05, 4.69) is 21.5 Å². The largest absolute Gasteiger partial charge is 0.380 e. The average molecular weight is 278 g/mol. The van der Waals surface area contributed by atoms with Crippen molar-refractivity contribution in [1.82, 2.24) is 14.9 Å². The number of nitrogen functional groups attached to an aromatic ring is 1. The van der Waals surface area contributed by atoms with E-state index in [4.69, 9.17) is 10.5 Å². The molecule has 0 aliphatic rings. The second-order valence-electron chi connectivity index (χ2n) is 2.99. The third-order valence-electron chi connectivity index (χ3n) is 1.66. The molecule has 17 heavy (non-hydrogen) atoms. The van der Waals surface area contributed by atoms with E-state index >= 15 is 0 Å². The fourth-order valence-electron chi connectivity index (χ4n) is 0.908. The first-order valence-electron chi connectivity index (χ1n) is 4.83. The molecule has 0 spiro atoms. The highest BCUT2D eigenvalue weighted by Gasteiger charge is 2.18. The fourth-order valence-corrected chi connectivity index (χ4v) is 2.75. The maximum atomic E-state index is 11.6. The first-order valence-corrected chi connectivity index (χ1v) is 7.13. The lowest BCUT2D eigenvalue weighted by Crippen LogP contribution is -2.27. The summed E-state index contributed by atoms with van der Waals surface area (Å²) < 4.78 is 30.6. The van der Waals surface area contributed by atoms with Crippen LogP contribution < -0.4 is 10.5 Å². The van der Waals surface area contributed by atoms with Crippen molar-refractivity contribution in [2.45, 2.75) is 10.8 Å². The van der Waals surface area contributed by atoms with E-state index in [9.17, 15) is 8.42 Å². The molecule has 0 fully saturated rings. The summed E-state index contributed by atoms with van der Waals surface area (Å²) >= 11 is 0.818. The molecular formula is C8H14N4O3S2. The Labute approximate surface area is 104 Å². The maximum absolute atomic E-state index is 11.6. The number of nitrogens with zero attached hydrogens (tertiary/aromatic N) is 2. The Morgan fingerprint density at radius 1 is 1.47 bits per heavy atom. The molecule has 0 amide bonds. The molecule has 7 nitrogen and oxygen atoms in total. The van der Waals surface area contributed by atoms with Crippen LogP contribution in [0.1, 0.15) is 6.42 Å². The maximum Gasteiger partial charge on any atom is 0.269 e. The van der Waals surface area contributed by atoms with Gasteiger partial charge in [-0.1, -0.05) is 17.4 Å². The monoisotopic (exact) mass is 278 g/mol. The van der Waals surface area contributed by atoms with Crippen LogP contribution >= 0.6 is 11.3 Å². The van der Waals surface area contributed by atoms with Gasteiger partial charge in [0.05, 0.1) is 13.2 Å². The van der Waals surface area contributed by atoms with Crippen molar-refractivity contribution in [2.24, 2.45) is 0 Å². The molecule has 1 rings (SSSR count). The van der Waals surface area contributed by atoms with E-state index < -0.39 is 10.0 Å². The van der Waals surface area contributed by atoms with Gasteiger partial charge in [0, 0.05) is 6.54 Å². The van der Waals surface area contributed by atoms with Crippen molar-refractivity contribution in [3.8, 4) is 0 Å². The molecule has 0 radical (unpaired) electrons. The van der Waals surface area contributed by atoms with Gasteiger partial charge in [-0.2, -0.15) is 0 Å². The number of hydrogen-bond acceptors (Lipinski definition) is 7. The third kappa shape index (κ3) is 4.77. The molecule has 0 aliphatic carbocycles. The lowest BCUT2D eigenvalue weighted by molar-refractivity contribution is 0.144. The van der Waals surface area contributed by atoms with Crippen LogP contribution in [0, 0.1) is 0 Å². The fraction of sp³-hybridized carbons (Fsp3) is 0.500. The molecule has 1 heterocycles. The minimum atomic E-state index is -3.62. The Morgan fingerprint density at radius 2 is 2.24 bits per heavy atom. The summed E-state index contributed by atoms with van der Waals surface area (Å²) in [7, 11) is -3.62. The molecule has 0 unspecified atom stereocenters. The van der Waals surface area contributed by atoms with Gasteiger partial charge in [-0.15, -0.1) is 16.8 Å². The molecule has 0 bridgehead atoms. The van der Waals surface area contributed by atoms with E-state index in [0.717, 1.165) is 17.8 Å². The number of anilines is 1. The van der Waals surface area contributed by atoms with Crippen molar-refractivity contribution >= 4 is 26.5 Å². The van der Waals surface area contributed by atoms with Crippen molar-refractivity contribution in [1.29, 1.82) is 0 Å². The molecule has 0 saturated carbocycles. The highest BCUT2D eigenvalue weighted by atomic mass is 32.2. The molecule has 3 N–H and O–H groups in total. The van der Waals surface area contributed by atoms with Crippen LogP contribution in [-0.4, -0.2) is 38.4 Å². The van der Waals surface area contributed by atoms with Crippen LogP contribution in [0.15, 0.2) is 17.0 Å². The number of sulfonamides is 1. The number of aromatic nitrogens is 2. The van der Waals surface area contributed by atoms with Gasteiger partial charge < -0.3 is 10.5 Å². The standard InChI is InChI=1S/C8H14N4O3S2/c1-2-3-5-15-6-4-10-17(13,14)8-12-11-7(9)16-8/h2,10H,1,3-6H2,(H2,9,11). The Balaban J connectivity index is 2.33. The van der Waals surface area contributed by atoms with E-state index in [-0.39, 0.29) is 16.0 Å². The van der Waals surface area contributed by atoms with Crippen LogP contribution in [0.25, 0.3) is 0 Å². The molecule has 1 aromatic heterocycles. The second kappa shape index (κ2) is 6.64. The van der Waals surface area contributed by atoms with Crippen molar-refractivity contribution in [3.05, 3.63) is 12.7 Å². The molecule has 96 valence electrons. The minimum absolute atomic E-state index is 0.118. The van der Waals surface area contributed by atoms with Crippen LogP contribution in [0.5, 0.6) is 0 Å². The number of nitrogens with one attached hydrogen (secondary N) is 1.